The van der Waals surface area contributed by atoms with Crippen molar-refractivity contribution in [3.05, 3.63) is 0 Å². The van der Waals surface area contributed by atoms with Gasteiger partial charge < -0.3 is 14.8 Å². The summed E-state index contributed by atoms with van der Waals surface area (Å²) in [5.41, 5.74) is -0.867. The summed E-state index contributed by atoms with van der Waals surface area (Å²) in [6.07, 6.45) is 9.54. The van der Waals surface area contributed by atoms with E-state index in [1.165, 1.54) is 25.7 Å². The Morgan fingerprint density at radius 1 is 0.955 bits per heavy atom. The lowest BCUT2D eigenvalue weighted by Gasteiger charge is -2.27. The number of nitrogens with one attached hydrogen (secondary N) is 1. The van der Waals surface area contributed by atoms with Crippen LogP contribution in [-0.4, -0.2) is 30.8 Å². The number of ether oxygens (including phenoxy) is 2. The van der Waals surface area contributed by atoms with Gasteiger partial charge in [-0.25, -0.2) is 9.59 Å². The average molecular weight is 313 g/mol. The van der Waals surface area contributed by atoms with Gasteiger partial charge in [-0.05, 0) is 26.2 Å². The summed E-state index contributed by atoms with van der Waals surface area (Å²) in [5, 5.41) is 2.73. The maximum atomic E-state index is 12.3. The minimum absolute atomic E-state index is 0.299. The van der Waals surface area contributed by atoms with Crippen LogP contribution in [0.3, 0.4) is 0 Å². The van der Waals surface area contributed by atoms with E-state index in [0.29, 0.717) is 26.1 Å². The molecule has 1 rings (SSSR count). The molecule has 0 spiro atoms. The van der Waals surface area contributed by atoms with Gasteiger partial charge in [-0.3, -0.25) is 0 Å². The first-order chi connectivity index (χ1) is 10.6. The number of rotatable bonds is 10. The van der Waals surface area contributed by atoms with Crippen molar-refractivity contribution in [2.24, 2.45) is 0 Å². The second kappa shape index (κ2) is 10.5. The molecule has 0 heterocycles. The van der Waals surface area contributed by atoms with E-state index in [9.17, 15) is 9.59 Å². The van der Waals surface area contributed by atoms with E-state index >= 15 is 0 Å². The number of esters is 1. The number of hydrogen-bond donors (Lipinski definition) is 1. The van der Waals surface area contributed by atoms with Gasteiger partial charge in [0.25, 0.3) is 0 Å². The second-order valence-corrected chi connectivity index (χ2v) is 6.04. The Kier molecular flexibility index (Phi) is 8.94. The summed E-state index contributed by atoms with van der Waals surface area (Å²) in [6, 6.07) is 0. The van der Waals surface area contributed by atoms with E-state index in [0.717, 1.165) is 25.7 Å². The third-order valence-electron chi connectivity index (χ3n) is 4.20. The number of unbranched alkanes of at least 4 members (excludes halogenated alkanes) is 5. The third-order valence-corrected chi connectivity index (χ3v) is 4.20. The molecule has 0 aromatic rings. The molecular formula is C17H31NO4. The van der Waals surface area contributed by atoms with Crippen LogP contribution in [0.1, 0.15) is 78.1 Å². The molecule has 1 aliphatic carbocycles. The predicted molar refractivity (Wildman–Crippen MR) is 85.7 cm³/mol. The summed E-state index contributed by atoms with van der Waals surface area (Å²) in [7, 11) is 0. The minimum atomic E-state index is -0.867. The highest BCUT2D eigenvalue weighted by molar-refractivity contribution is 5.86. The smallest absolute Gasteiger partial charge is 0.408 e. The molecule has 5 heteroatoms. The first-order valence-electron chi connectivity index (χ1n) is 8.77. The molecule has 0 unspecified atom stereocenters. The van der Waals surface area contributed by atoms with Gasteiger partial charge in [0.05, 0.1) is 13.2 Å². The molecule has 0 atom stereocenters. The van der Waals surface area contributed by atoms with Gasteiger partial charge in [-0.1, -0.05) is 51.9 Å². The summed E-state index contributed by atoms with van der Waals surface area (Å²) >= 11 is 0. The van der Waals surface area contributed by atoms with Crippen molar-refractivity contribution in [2.45, 2.75) is 83.6 Å². The zero-order chi connectivity index (χ0) is 16.3. The molecule has 1 aliphatic rings. The zero-order valence-corrected chi connectivity index (χ0v) is 14.1. The van der Waals surface area contributed by atoms with E-state index in [1.807, 2.05) is 0 Å². The molecule has 1 N–H and O–H groups in total. The van der Waals surface area contributed by atoms with Gasteiger partial charge in [0.2, 0.25) is 0 Å². The van der Waals surface area contributed by atoms with E-state index in [2.05, 4.69) is 12.2 Å². The van der Waals surface area contributed by atoms with Crippen LogP contribution in [-0.2, 0) is 14.3 Å². The van der Waals surface area contributed by atoms with Crippen molar-refractivity contribution >= 4 is 12.1 Å². The highest BCUT2D eigenvalue weighted by atomic mass is 16.6. The monoisotopic (exact) mass is 313 g/mol. The second-order valence-electron chi connectivity index (χ2n) is 6.04. The quantitative estimate of drug-likeness (QED) is 0.490. The number of alkyl carbamates (subject to hydrolysis) is 1. The third kappa shape index (κ3) is 6.24. The average Bonchev–Trinajstić information content (AvgIpc) is 2.96. The van der Waals surface area contributed by atoms with Gasteiger partial charge >= 0.3 is 12.1 Å². The molecule has 0 bridgehead atoms. The van der Waals surface area contributed by atoms with E-state index < -0.39 is 11.6 Å². The number of carbonyl (C=O) groups excluding carboxylic acids is 2. The molecule has 5 nitrogen and oxygen atoms in total. The summed E-state index contributed by atoms with van der Waals surface area (Å²) in [4.78, 5) is 24.0. The summed E-state index contributed by atoms with van der Waals surface area (Å²) in [6.45, 7) is 4.68. The van der Waals surface area contributed by atoms with Gasteiger partial charge in [-0.15, -0.1) is 0 Å². The van der Waals surface area contributed by atoms with Crippen molar-refractivity contribution in [1.29, 1.82) is 0 Å². The van der Waals surface area contributed by atoms with E-state index in [4.69, 9.17) is 9.47 Å². The molecule has 0 aliphatic heterocycles. The summed E-state index contributed by atoms with van der Waals surface area (Å²) < 4.78 is 10.3. The molecule has 1 saturated carbocycles. The predicted octanol–water partition coefficient (Wildman–Crippen LogP) is 3.95. The molecular weight excluding hydrogens is 282 g/mol. The maximum absolute atomic E-state index is 12.3. The highest BCUT2D eigenvalue weighted by Crippen LogP contribution is 2.31. The van der Waals surface area contributed by atoms with Crippen LogP contribution in [0.4, 0.5) is 4.79 Å². The lowest BCUT2D eigenvalue weighted by Crippen LogP contribution is -2.53. The van der Waals surface area contributed by atoms with Crippen molar-refractivity contribution in [2.75, 3.05) is 13.2 Å². The Morgan fingerprint density at radius 3 is 2.23 bits per heavy atom. The van der Waals surface area contributed by atoms with E-state index in [1.54, 1.807) is 6.92 Å². The minimum Gasteiger partial charge on any atom is -0.464 e. The Morgan fingerprint density at radius 2 is 1.59 bits per heavy atom. The summed E-state index contributed by atoms with van der Waals surface area (Å²) in [5.74, 6) is -0.299. The van der Waals surface area contributed by atoms with Gasteiger partial charge in [0, 0.05) is 0 Å². The molecule has 0 aromatic heterocycles. The van der Waals surface area contributed by atoms with Crippen LogP contribution >= 0.6 is 0 Å². The normalized spacial score (nSPS) is 16.3. The van der Waals surface area contributed by atoms with Crippen molar-refractivity contribution in [3.8, 4) is 0 Å². The number of amides is 1. The zero-order valence-electron chi connectivity index (χ0n) is 14.1. The molecule has 1 fully saturated rings. The Hall–Kier alpha value is -1.26. The first kappa shape index (κ1) is 18.8. The van der Waals surface area contributed by atoms with E-state index in [-0.39, 0.29) is 5.97 Å². The maximum Gasteiger partial charge on any atom is 0.408 e. The largest absolute Gasteiger partial charge is 0.464 e. The molecule has 22 heavy (non-hydrogen) atoms. The number of carbonyl (C=O) groups is 2. The molecule has 1 amide bonds. The van der Waals surface area contributed by atoms with Crippen molar-refractivity contribution in [3.63, 3.8) is 0 Å². The van der Waals surface area contributed by atoms with Crippen molar-refractivity contribution in [1.82, 2.24) is 5.32 Å². The Bertz CT molecular complexity index is 338. The van der Waals surface area contributed by atoms with Gasteiger partial charge in [-0.2, -0.15) is 0 Å². The first-order valence-corrected chi connectivity index (χ1v) is 8.77. The molecule has 128 valence electrons. The standard InChI is InChI=1S/C17H31NO4/c1-3-5-6-7-8-11-14-22-15(19)17(12-9-10-13-17)18-16(20)21-4-2/h3-14H2,1-2H3,(H,18,20). The van der Waals surface area contributed by atoms with Crippen LogP contribution in [0.25, 0.3) is 0 Å². The topological polar surface area (TPSA) is 64.6 Å². The number of hydrogen-bond acceptors (Lipinski definition) is 4. The fourth-order valence-electron chi connectivity index (χ4n) is 2.91. The van der Waals surface area contributed by atoms with Crippen LogP contribution in [0.5, 0.6) is 0 Å². The van der Waals surface area contributed by atoms with Crippen LogP contribution in [0.15, 0.2) is 0 Å². The Labute approximate surface area is 134 Å². The lowest BCUT2D eigenvalue weighted by atomic mass is 9.98. The fourth-order valence-corrected chi connectivity index (χ4v) is 2.91. The fraction of sp³-hybridized carbons (Fsp3) is 0.882. The van der Waals surface area contributed by atoms with Gasteiger partial charge in [0.1, 0.15) is 5.54 Å². The lowest BCUT2D eigenvalue weighted by molar-refractivity contribution is -0.151. The molecule has 0 saturated heterocycles. The highest BCUT2D eigenvalue weighted by Gasteiger charge is 2.44. The Balaban J connectivity index is 2.31. The van der Waals surface area contributed by atoms with Crippen LogP contribution in [0, 0.1) is 0 Å². The van der Waals surface area contributed by atoms with Crippen LogP contribution in [0.2, 0.25) is 0 Å². The SMILES string of the molecule is CCCCCCCCOC(=O)C1(NC(=O)OCC)CCCC1. The molecule has 0 radical (unpaired) electrons. The van der Waals surface area contributed by atoms with Crippen LogP contribution < -0.4 is 5.32 Å². The van der Waals surface area contributed by atoms with Crippen molar-refractivity contribution < 1.29 is 19.1 Å². The van der Waals surface area contributed by atoms with Gasteiger partial charge in [0.15, 0.2) is 0 Å². The molecule has 0 aromatic carbocycles.